The van der Waals surface area contributed by atoms with Crippen LogP contribution in [0.2, 0.25) is 0 Å². The van der Waals surface area contributed by atoms with Crippen molar-refractivity contribution in [1.82, 2.24) is 0 Å². The van der Waals surface area contributed by atoms with E-state index in [0.29, 0.717) is 16.6 Å². The van der Waals surface area contributed by atoms with Gasteiger partial charge < -0.3 is 4.90 Å². The number of fused-ring (bicyclic) bond motifs is 1. The number of aliphatic imine (C=N–C) groups is 1. The first-order valence-electron chi connectivity index (χ1n) is 8.12. The molecule has 136 valence electrons. The first kappa shape index (κ1) is 18.0. The summed E-state index contributed by atoms with van der Waals surface area (Å²) in [5.74, 6) is 0.362. The molecule has 0 N–H and O–H groups in total. The van der Waals surface area contributed by atoms with Crippen LogP contribution in [0.1, 0.15) is 5.56 Å². The fourth-order valence-electron chi connectivity index (χ4n) is 3.29. The van der Waals surface area contributed by atoms with Crippen LogP contribution in [0.4, 0.5) is 10.1 Å². The number of halogens is 2. The zero-order valence-electron chi connectivity index (χ0n) is 13.7. The summed E-state index contributed by atoms with van der Waals surface area (Å²) in [7, 11) is -3.14. The normalized spacial score (nSPS) is 23.8. The minimum Gasteiger partial charge on any atom is -0.312 e. The molecule has 2 atom stereocenters. The number of amidine groups is 1. The van der Waals surface area contributed by atoms with E-state index in [1.165, 1.54) is 17.8 Å². The minimum atomic E-state index is -3.14. The molecule has 0 saturated carbocycles. The van der Waals surface area contributed by atoms with Crippen molar-refractivity contribution in [2.45, 2.75) is 17.8 Å². The molecular weight excluding hydrogens is 439 g/mol. The Labute approximate surface area is 164 Å². The molecule has 1 fully saturated rings. The van der Waals surface area contributed by atoms with Gasteiger partial charge >= 0.3 is 0 Å². The zero-order chi connectivity index (χ0) is 18.3. The lowest BCUT2D eigenvalue weighted by Gasteiger charge is -2.26. The Morgan fingerprint density at radius 2 is 1.88 bits per heavy atom. The third-order valence-electron chi connectivity index (χ3n) is 4.50. The van der Waals surface area contributed by atoms with Crippen LogP contribution in [0, 0.1) is 5.82 Å². The fourth-order valence-corrected chi connectivity index (χ4v) is 6.47. The third-order valence-corrected chi connectivity index (χ3v) is 7.77. The molecule has 0 aromatic heterocycles. The number of sulfone groups is 1. The number of hydrogen-bond acceptors (Lipinski definition) is 5. The van der Waals surface area contributed by atoms with E-state index >= 15 is 0 Å². The van der Waals surface area contributed by atoms with Crippen molar-refractivity contribution < 1.29 is 12.8 Å². The standard InChI is InChI=1S/C18H16BrFN2O2S2/c19-13-7-5-12(6-8-13)9-25-18-21-15-10-26(23,24)11-17(15)22(18)16-4-2-1-3-14(16)20/h1-8,15,17H,9-11H2/t15-,17-/m1/s1. The lowest BCUT2D eigenvalue weighted by Crippen LogP contribution is -2.39. The van der Waals surface area contributed by atoms with E-state index in [0.717, 1.165) is 10.0 Å². The summed E-state index contributed by atoms with van der Waals surface area (Å²) in [6.07, 6.45) is 0. The molecule has 0 amide bonds. The van der Waals surface area contributed by atoms with E-state index in [-0.39, 0.29) is 29.4 Å². The molecule has 2 aromatic rings. The SMILES string of the molecule is O=S1(=O)C[C@@H]2[C@@H](C1)N=C(SCc1ccc(Br)cc1)N2c1ccccc1F. The van der Waals surface area contributed by atoms with Crippen LogP contribution in [0.25, 0.3) is 0 Å². The van der Waals surface area contributed by atoms with Crippen LogP contribution in [-0.4, -0.2) is 37.2 Å². The largest absolute Gasteiger partial charge is 0.312 e. The second-order valence-corrected chi connectivity index (χ2v) is 10.4. The number of benzene rings is 2. The van der Waals surface area contributed by atoms with Crippen molar-refractivity contribution in [3.05, 3.63) is 64.4 Å². The van der Waals surface area contributed by atoms with Gasteiger partial charge in [0.1, 0.15) is 5.82 Å². The highest BCUT2D eigenvalue weighted by Crippen LogP contribution is 2.37. The lowest BCUT2D eigenvalue weighted by molar-refractivity contribution is 0.600. The molecule has 26 heavy (non-hydrogen) atoms. The predicted octanol–water partition coefficient (Wildman–Crippen LogP) is 3.86. The molecule has 1 saturated heterocycles. The number of hydrogen-bond donors (Lipinski definition) is 0. The summed E-state index contributed by atoms with van der Waals surface area (Å²) in [6, 6.07) is 13.8. The van der Waals surface area contributed by atoms with E-state index in [9.17, 15) is 12.8 Å². The van der Waals surface area contributed by atoms with Gasteiger partial charge in [0.25, 0.3) is 0 Å². The van der Waals surface area contributed by atoms with Gasteiger partial charge in [-0.25, -0.2) is 12.8 Å². The second-order valence-electron chi connectivity index (χ2n) is 6.36. The Hall–Kier alpha value is -1.38. The minimum absolute atomic E-state index is 0.0118. The highest BCUT2D eigenvalue weighted by molar-refractivity contribution is 9.10. The first-order chi connectivity index (χ1) is 12.4. The van der Waals surface area contributed by atoms with Crippen molar-refractivity contribution in [1.29, 1.82) is 0 Å². The van der Waals surface area contributed by atoms with Crippen molar-refractivity contribution in [2.75, 3.05) is 16.4 Å². The molecule has 2 aromatic carbocycles. The van der Waals surface area contributed by atoms with Crippen LogP contribution >= 0.6 is 27.7 Å². The molecule has 2 aliphatic heterocycles. The molecular formula is C18H16BrFN2O2S2. The average Bonchev–Trinajstić information content (AvgIpc) is 3.06. The first-order valence-corrected chi connectivity index (χ1v) is 11.7. The monoisotopic (exact) mass is 454 g/mol. The van der Waals surface area contributed by atoms with Gasteiger partial charge in [0, 0.05) is 10.2 Å². The second kappa shape index (κ2) is 6.98. The Morgan fingerprint density at radius 1 is 1.15 bits per heavy atom. The third kappa shape index (κ3) is 3.54. The summed E-state index contributed by atoms with van der Waals surface area (Å²) in [4.78, 5) is 6.40. The van der Waals surface area contributed by atoms with E-state index in [2.05, 4.69) is 20.9 Å². The van der Waals surface area contributed by atoms with Gasteiger partial charge in [0.05, 0.1) is 29.3 Å². The predicted molar refractivity (Wildman–Crippen MR) is 108 cm³/mol. The summed E-state index contributed by atoms with van der Waals surface area (Å²) in [5, 5.41) is 0.683. The molecule has 0 bridgehead atoms. The van der Waals surface area contributed by atoms with Crippen LogP contribution in [0.3, 0.4) is 0 Å². The van der Waals surface area contributed by atoms with Crippen molar-refractivity contribution in [3.63, 3.8) is 0 Å². The Balaban J connectivity index is 1.63. The summed E-state index contributed by atoms with van der Waals surface area (Å²) < 4.78 is 39.5. The highest BCUT2D eigenvalue weighted by Gasteiger charge is 2.47. The molecule has 0 unspecified atom stereocenters. The van der Waals surface area contributed by atoms with Crippen molar-refractivity contribution in [3.8, 4) is 0 Å². The topological polar surface area (TPSA) is 49.7 Å². The van der Waals surface area contributed by atoms with Crippen molar-refractivity contribution in [2.24, 2.45) is 4.99 Å². The number of nitrogens with zero attached hydrogens (tertiary/aromatic N) is 2. The maximum Gasteiger partial charge on any atom is 0.164 e. The summed E-state index contributed by atoms with van der Waals surface area (Å²) >= 11 is 4.93. The average molecular weight is 455 g/mol. The molecule has 4 rings (SSSR count). The maximum absolute atomic E-state index is 14.4. The summed E-state index contributed by atoms with van der Waals surface area (Å²) in [5.41, 5.74) is 1.51. The molecule has 4 nitrogen and oxygen atoms in total. The number of thioether (sulfide) groups is 1. The Bertz CT molecular complexity index is 963. The van der Waals surface area contributed by atoms with Crippen molar-refractivity contribution >= 4 is 48.4 Å². The van der Waals surface area contributed by atoms with Gasteiger partial charge in [-0.05, 0) is 29.8 Å². The van der Waals surface area contributed by atoms with E-state index < -0.39 is 9.84 Å². The molecule has 2 heterocycles. The van der Waals surface area contributed by atoms with Crippen LogP contribution in [-0.2, 0) is 15.6 Å². The molecule has 0 spiro atoms. The Kier molecular flexibility index (Phi) is 4.83. The zero-order valence-corrected chi connectivity index (χ0v) is 16.9. The highest BCUT2D eigenvalue weighted by atomic mass is 79.9. The fraction of sp³-hybridized carbons (Fsp3) is 0.278. The van der Waals surface area contributed by atoms with Crippen LogP contribution in [0.15, 0.2) is 58.0 Å². The number of para-hydroxylation sites is 1. The number of anilines is 1. The van der Waals surface area contributed by atoms with E-state index in [1.54, 1.807) is 23.1 Å². The van der Waals surface area contributed by atoms with Gasteiger partial charge in [-0.1, -0.05) is 52.0 Å². The lowest BCUT2D eigenvalue weighted by atomic mass is 10.1. The van der Waals surface area contributed by atoms with Gasteiger partial charge in [-0.2, -0.15) is 0 Å². The maximum atomic E-state index is 14.4. The van der Waals surface area contributed by atoms with Crippen LogP contribution < -0.4 is 4.90 Å². The van der Waals surface area contributed by atoms with E-state index in [4.69, 9.17) is 0 Å². The number of rotatable bonds is 3. The van der Waals surface area contributed by atoms with Gasteiger partial charge in [0.2, 0.25) is 0 Å². The van der Waals surface area contributed by atoms with Gasteiger partial charge in [0.15, 0.2) is 15.0 Å². The summed E-state index contributed by atoms with van der Waals surface area (Å²) in [6.45, 7) is 0. The van der Waals surface area contributed by atoms with Gasteiger partial charge in [-0.3, -0.25) is 4.99 Å². The smallest absolute Gasteiger partial charge is 0.164 e. The van der Waals surface area contributed by atoms with E-state index in [1.807, 2.05) is 24.3 Å². The molecule has 8 heteroatoms. The quantitative estimate of drug-likeness (QED) is 0.706. The Morgan fingerprint density at radius 3 is 2.62 bits per heavy atom. The van der Waals surface area contributed by atoms with Gasteiger partial charge in [-0.15, -0.1) is 0 Å². The molecule has 0 radical (unpaired) electrons. The molecule has 2 aliphatic rings. The van der Waals surface area contributed by atoms with Crippen LogP contribution in [0.5, 0.6) is 0 Å². The molecule has 0 aliphatic carbocycles.